The molecule has 1 aliphatic heterocycles. The highest BCUT2D eigenvalue weighted by atomic mass is 16.7. The quantitative estimate of drug-likeness (QED) is 0.155. The van der Waals surface area contributed by atoms with E-state index in [2.05, 4.69) is 15.5 Å². The van der Waals surface area contributed by atoms with Crippen molar-refractivity contribution in [2.24, 2.45) is 0 Å². The smallest absolute Gasteiger partial charge is 0.334 e. The molecule has 11 nitrogen and oxygen atoms in total. The summed E-state index contributed by atoms with van der Waals surface area (Å²) in [6.07, 6.45) is 1.13. The van der Waals surface area contributed by atoms with Crippen molar-refractivity contribution < 1.29 is 43.3 Å². The van der Waals surface area contributed by atoms with Crippen molar-refractivity contribution in [3.05, 3.63) is 87.8 Å². The largest absolute Gasteiger partial charge is 0.507 e. The third-order valence-electron chi connectivity index (χ3n) is 7.78. The third-order valence-corrected chi connectivity index (χ3v) is 7.78. The van der Waals surface area contributed by atoms with E-state index in [0.717, 1.165) is 28.0 Å². The number of allylic oxidation sites excluding steroid dienone is 4. The van der Waals surface area contributed by atoms with Crippen LogP contribution in [0.4, 0.5) is 0 Å². The number of phenolic OH excluding ortho intramolecular Hbond substituents is 1. The number of phenols is 1. The summed E-state index contributed by atoms with van der Waals surface area (Å²) in [6.45, 7) is 4.61. The number of nitrogens with one attached hydrogen (secondary N) is 2. The Hall–Kier alpha value is -5.16. The number of carbonyl (C=O) groups is 4. The van der Waals surface area contributed by atoms with Gasteiger partial charge in [0.05, 0.1) is 25.4 Å². The Morgan fingerprint density at radius 1 is 1.09 bits per heavy atom. The van der Waals surface area contributed by atoms with Crippen molar-refractivity contribution in [3.63, 3.8) is 0 Å². The Kier molecular flexibility index (Phi) is 7.68. The topological polar surface area (TPSA) is 149 Å². The highest BCUT2D eigenvalue weighted by Crippen LogP contribution is 2.56. The van der Waals surface area contributed by atoms with E-state index in [9.17, 15) is 24.3 Å². The molecule has 1 amide bonds. The van der Waals surface area contributed by atoms with Gasteiger partial charge in [-0.1, -0.05) is 36.4 Å². The van der Waals surface area contributed by atoms with Crippen molar-refractivity contribution in [3.8, 4) is 17.2 Å². The molecule has 0 fully saturated rings. The summed E-state index contributed by atoms with van der Waals surface area (Å²) in [7, 11) is 2.53. The van der Waals surface area contributed by atoms with Gasteiger partial charge in [0, 0.05) is 24.4 Å². The fourth-order valence-electron chi connectivity index (χ4n) is 5.48. The first-order valence-electron chi connectivity index (χ1n) is 13.4. The van der Waals surface area contributed by atoms with E-state index in [-0.39, 0.29) is 51.9 Å². The number of hydrogen-bond donors (Lipinski definition) is 3. The number of ketones is 2. The normalized spacial score (nSPS) is 18.3. The molecule has 11 heteroatoms. The van der Waals surface area contributed by atoms with Gasteiger partial charge in [-0.05, 0) is 42.7 Å². The van der Waals surface area contributed by atoms with Crippen LogP contribution >= 0.6 is 0 Å². The number of Topliss-reactive ketones (excluding diaryl/α,β-unsaturated/α-hetero) is 1. The monoisotopic (exact) mass is 586 g/mol. The van der Waals surface area contributed by atoms with Crippen LogP contribution < -0.4 is 20.3 Å². The molecule has 3 aromatic rings. The minimum atomic E-state index is -1.65. The number of esters is 1. The van der Waals surface area contributed by atoms with E-state index in [4.69, 9.17) is 14.3 Å². The molecule has 0 bridgehead atoms. The van der Waals surface area contributed by atoms with Crippen molar-refractivity contribution in [2.45, 2.75) is 32.7 Å². The van der Waals surface area contributed by atoms with Crippen LogP contribution in [0.3, 0.4) is 0 Å². The Labute approximate surface area is 247 Å². The molecule has 0 aromatic heterocycles. The third kappa shape index (κ3) is 4.87. The molecule has 1 aliphatic carbocycles. The molecule has 1 heterocycles. The minimum Gasteiger partial charge on any atom is -0.507 e. The van der Waals surface area contributed by atoms with Crippen molar-refractivity contribution >= 4 is 34.2 Å². The predicted molar refractivity (Wildman–Crippen MR) is 154 cm³/mol. The van der Waals surface area contributed by atoms with Crippen LogP contribution in [0.1, 0.15) is 40.9 Å². The van der Waals surface area contributed by atoms with Crippen LogP contribution in [0.2, 0.25) is 0 Å². The molecular weight excluding hydrogens is 556 g/mol. The molecule has 0 unspecified atom stereocenters. The lowest BCUT2D eigenvalue weighted by molar-refractivity contribution is -0.148. The van der Waals surface area contributed by atoms with E-state index < -0.39 is 35.5 Å². The molecule has 222 valence electrons. The van der Waals surface area contributed by atoms with Gasteiger partial charge < -0.3 is 24.6 Å². The molecular formula is C32H30N2O9. The average molecular weight is 587 g/mol. The van der Waals surface area contributed by atoms with Gasteiger partial charge in [-0.25, -0.2) is 4.79 Å². The SMILES string of the molecule is COC(=O)CONC(C)=C1C(=O)C=C2Oc3c(C(=O)NCc4c(C)ccc5ccccc45)c(OC)cc(O)c3[C@]2(C)C1=O. The van der Waals surface area contributed by atoms with Crippen LogP contribution in [-0.2, 0) is 35.9 Å². The van der Waals surface area contributed by atoms with E-state index in [1.807, 2.05) is 43.3 Å². The van der Waals surface area contributed by atoms with Gasteiger partial charge in [0.1, 0.15) is 28.2 Å². The molecule has 3 aromatic carbocycles. The number of fused-ring (bicyclic) bond motifs is 4. The van der Waals surface area contributed by atoms with Crippen LogP contribution in [-0.4, -0.2) is 49.4 Å². The van der Waals surface area contributed by atoms with E-state index in [1.165, 1.54) is 34.1 Å². The predicted octanol–water partition coefficient (Wildman–Crippen LogP) is 3.45. The van der Waals surface area contributed by atoms with Crippen LogP contribution in [0, 0.1) is 6.92 Å². The van der Waals surface area contributed by atoms with Gasteiger partial charge in [-0.15, -0.1) is 0 Å². The van der Waals surface area contributed by atoms with Crippen LogP contribution in [0.5, 0.6) is 17.2 Å². The van der Waals surface area contributed by atoms with Crippen molar-refractivity contribution in [2.75, 3.05) is 20.8 Å². The summed E-state index contributed by atoms with van der Waals surface area (Å²) >= 11 is 0. The molecule has 3 N–H and O–H groups in total. The highest BCUT2D eigenvalue weighted by Gasteiger charge is 2.56. The number of rotatable bonds is 8. The van der Waals surface area contributed by atoms with Gasteiger partial charge in [0.25, 0.3) is 5.91 Å². The first kappa shape index (κ1) is 29.3. The summed E-state index contributed by atoms with van der Waals surface area (Å²) in [4.78, 5) is 57.2. The Balaban J connectivity index is 1.53. The number of benzene rings is 3. The molecule has 0 saturated heterocycles. The van der Waals surface area contributed by atoms with Crippen LogP contribution in [0.15, 0.2) is 65.6 Å². The molecule has 2 aliphatic rings. The fraction of sp³-hybridized carbons (Fsp3) is 0.250. The first-order valence-corrected chi connectivity index (χ1v) is 13.4. The molecule has 1 atom stereocenters. The molecule has 5 rings (SSSR count). The van der Waals surface area contributed by atoms with Gasteiger partial charge >= 0.3 is 5.97 Å². The standard InChI is InChI=1S/C32H30N2O9/c1-16-10-11-18-8-6-7-9-19(18)20(16)14-33-31(39)27-23(40-4)12-22(36)28-29(27)43-24-13-21(35)26(30(38)32(24,28)3)17(2)34-42-15-25(37)41-5/h6-13,34,36H,14-15H2,1-5H3,(H,33,39)/t32-/m1/s1. The number of ether oxygens (including phenoxy) is 3. The van der Waals surface area contributed by atoms with Gasteiger partial charge in [0.15, 0.2) is 23.9 Å². The molecule has 43 heavy (non-hydrogen) atoms. The summed E-state index contributed by atoms with van der Waals surface area (Å²) in [5.41, 5.74) is 2.46. The molecule has 0 radical (unpaired) electrons. The number of carbonyl (C=O) groups excluding carboxylic acids is 4. The van der Waals surface area contributed by atoms with Gasteiger partial charge in [-0.3, -0.25) is 24.7 Å². The summed E-state index contributed by atoms with van der Waals surface area (Å²) in [5.74, 6) is -3.08. The van der Waals surface area contributed by atoms with E-state index in [0.29, 0.717) is 0 Å². The summed E-state index contributed by atoms with van der Waals surface area (Å²) in [6, 6.07) is 13.1. The van der Waals surface area contributed by atoms with Gasteiger partial charge in [0.2, 0.25) is 0 Å². The van der Waals surface area contributed by atoms with Crippen molar-refractivity contribution in [1.82, 2.24) is 10.8 Å². The van der Waals surface area contributed by atoms with E-state index in [1.54, 1.807) is 0 Å². The minimum absolute atomic E-state index is 0.0179. The second-order valence-corrected chi connectivity index (χ2v) is 10.3. The molecule has 0 saturated carbocycles. The fourth-order valence-corrected chi connectivity index (χ4v) is 5.48. The second kappa shape index (κ2) is 11.3. The number of hydroxylamine groups is 1. The maximum atomic E-state index is 13.9. The number of hydrogen-bond acceptors (Lipinski definition) is 10. The number of amides is 1. The lowest BCUT2D eigenvalue weighted by atomic mass is 9.70. The highest BCUT2D eigenvalue weighted by molar-refractivity contribution is 6.31. The number of methoxy groups -OCH3 is 2. The Morgan fingerprint density at radius 2 is 1.84 bits per heavy atom. The summed E-state index contributed by atoms with van der Waals surface area (Å²) in [5, 5.41) is 16.0. The number of aromatic hydroxyl groups is 1. The molecule has 0 spiro atoms. The Bertz CT molecular complexity index is 1770. The second-order valence-electron chi connectivity index (χ2n) is 10.3. The maximum absolute atomic E-state index is 13.9. The lowest BCUT2D eigenvalue weighted by Gasteiger charge is -2.28. The Morgan fingerprint density at radius 3 is 2.56 bits per heavy atom. The van der Waals surface area contributed by atoms with Gasteiger partial charge in [-0.2, -0.15) is 0 Å². The first-order chi connectivity index (χ1) is 20.5. The van der Waals surface area contributed by atoms with Crippen LogP contribution in [0.25, 0.3) is 10.8 Å². The zero-order valence-corrected chi connectivity index (χ0v) is 24.2. The zero-order valence-electron chi connectivity index (χ0n) is 24.2. The number of aryl methyl sites for hydroxylation is 1. The zero-order chi connectivity index (χ0) is 31.1. The summed E-state index contributed by atoms with van der Waals surface area (Å²) < 4.78 is 16.0. The lowest BCUT2D eigenvalue weighted by Crippen LogP contribution is -2.41. The van der Waals surface area contributed by atoms with E-state index >= 15 is 0 Å². The van der Waals surface area contributed by atoms with Crippen molar-refractivity contribution in [1.29, 1.82) is 0 Å². The average Bonchev–Trinajstić information content (AvgIpc) is 3.29. The maximum Gasteiger partial charge on any atom is 0.334 e.